The maximum atomic E-state index is 12.0. The van der Waals surface area contributed by atoms with Gasteiger partial charge in [0.15, 0.2) is 5.76 Å². The Balaban J connectivity index is 1.66. The minimum absolute atomic E-state index is 0.157. The highest BCUT2D eigenvalue weighted by Gasteiger charge is 2.16. The van der Waals surface area contributed by atoms with Crippen molar-refractivity contribution in [3.05, 3.63) is 23.7 Å². The zero-order valence-electron chi connectivity index (χ0n) is 13.8. The summed E-state index contributed by atoms with van der Waals surface area (Å²) in [6.45, 7) is 1.81. The molecule has 2 rings (SSSR count). The molecule has 128 valence electrons. The van der Waals surface area contributed by atoms with Crippen molar-refractivity contribution in [2.24, 2.45) is 0 Å². The summed E-state index contributed by atoms with van der Waals surface area (Å²) in [5, 5.41) is 5.26. The molecule has 0 spiro atoms. The van der Waals surface area contributed by atoms with Crippen LogP contribution in [0, 0.1) is 0 Å². The lowest BCUT2D eigenvalue weighted by Gasteiger charge is -2.18. The van der Waals surface area contributed by atoms with Crippen LogP contribution in [0.25, 0.3) is 0 Å². The van der Waals surface area contributed by atoms with E-state index in [1.807, 2.05) is 0 Å². The van der Waals surface area contributed by atoms with Crippen LogP contribution in [0.2, 0.25) is 0 Å². The molecule has 2 heterocycles. The zero-order valence-corrected chi connectivity index (χ0v) is 13.8. The number of nitrogens with one attached hydrogen (secondary N) is 2. The van der Waals surface area contributed by atoms with E-state index in [0.29, 0.717) is 18.4 Å². The van der Waals surface area contributed by atoms with Crippen LogP contribution in [-0.2, 0) is 11.3 Å². The number of carbonyl (C=O) groups excluding carboxylic acids is 2. The molecule has 1 atom stereocenters. The highest BCUT2D eigenvalue weighted by Crippen LogP contribution is 2.16. The molecule has 1 aromatic heterocycles. The molecule has 0 radical (unpaired) electrons. The molecule has 1 aliphatic heterocycles. The van der Waals surface area contributed by atoms with Crippen LogP contribution in [0.5, 0.6) is 0 Å². The van der Waals surface area contributed by atoms with Crippen LogP contribution < -0.4 is 10.6 Å². The fraction of sp³-hybridized carbons (Fsp3) is 0.625. The van der Waals surface area contributed by atoms with Crippen molar-refractivity contribution in [3.8, 4) is 0 Å². The topological polar surface area (TPSA) is 83.8 Å². The van der Waals surface area contributed by atoms with Gasteiger partial charge in [0.25, 0.3) is 5.91 Å². The van der Waals surface area contributed by atoms with Gasteiger partial charge in [-0.3, -0.25) is 4.79 Å². The van der Waals surface area contributed by atoms with Crippen molar-refractivity contribution >= 4 is 11.9 Å². The predicted octanol–water partition coefficient (Wildman–Crippen LogP) is 1.74. The Morgan fingerprint density at radius 1 is 1.39 bits per heavy atom. The van der Waals surface area contributed by atoms with Gasteiger partial charge in [-0.05, 0) is 37.8 Å². The van der Waals surface area contributed by atoms with E-state index in [0.717, 1.165) is 32.3 Å². The van der Waals surface area contributed by atoms with Crippen LogP contribution in [-0.4, -0.2) is 50.2 Å². The van der Waals surface area contributed by atoms with Crippen molar-refractivity contribution in [1.29, 1.82) is 0 Å². The van der Waals surface area contributed by atoms with Crippen molar-refractivity contribution in [3.63, 3.8) is 0 Å². The normalized spacial score (nSPS) is 17.0. The molecule has 0 saturated carbocycles. The summed E-state index contributed by atoms with van der Waals surface area (Å²) in [4.78, 5) is 25.0. The van der Waals surface area contributed by atoms with Gasteiger partial charge in [-0.15, -0.1) is 0 Å². The molecule has 23 heavy (non-hydrogen) atoms. The quantitative estimate of drug-likeness (QED) is 0.800. The molecular formula is C16H25N3O4. The SMILES string of the molecule is CNC(=O)c1ccc(CNC(=O)N(C)CCC[C@H]2CCCO2)o1. The van der Waals surface area contributed by atoms with Crippen molar-refractivity contribution in [1.82, 2.24) is 15.5 Å². The molecule has 0 aromatic carbocycles. The van der Waals surface area contributed by atoms with Crippen molar-refractivity contribution < 1.29 is 18.7 Å². The first-order valence-corrected chi connectivity index (χ1v) is 8.01. The van der Waals surface area contributed by atoms with Crippen molar-refractivity contribution in [2.75, 3.05) is 27.2 Å². The number of rotatable bonds is 7. The molecule has 7 heteroatoms. The second-order valence-corrected chi connectivity index (χ2v) is 5.70. The van der Waals surface area contributed by atoms with E-state index in [1.54, 1.807) is 24.1 Å². The lowest BCUT2D eigenvalue weighted by molar-refractivity contribution is 0.0933. The average molecular weight is 323 g/mol. The largest absolute Gasteiger partial charge is 0.454 e. The predicted molar refractivity (Wildman–Crippen MR) is 85.2 cm³/mol. The molecule has 1 aliphatic rings. The molecule has 3 amide bonds. The number of furan rings is 1. The summed E-state index contributed by atoms with van der Waals surface area (Å²) in [5.41, 5.74) is 0. The summed E-state index contributed by atoms with van der Waals surface area (Å²) in [5.74, 6) is 0.500. The second kappa shape index (κ2) is 8.57. The van der Waals surface area contributed by atoms with E-state index in [9.17, 15) is 9.59 Å². The first-order chi connectivity index (χ1) is 11.1. The Bertz CT molecular complexity index is 523. The number of carbonyl (C=O) groups is 2. The highest BCUT2D eigenvalue weighted by atomic mass is 16.5. The minimum atomic E-state index is -0.283. The van der Waals surface area contributed by atoms with Crippen LogP contribution in [0.1, 0.15) is 42.0 Å². The van der Waals surface area contributed by atoms with Gasteiger partial charge in [-0.2, -0.15) is 0 Å². The van der Waals surface area contributed by atoms with E-state index in [4.69, 9.17) is 9.15 Å². The van der Waals surface area contributed by atoms with Crippen LogP contribution in [0.15, 0.2) is 16.5 Å². The fourth-order valence-electron chi connectivity index (χ4n) is 2.55. The fourth-order valence-corrected chi connectivity index (χ4v) is 2.55. The minimum Gasteiger partial charge on any atom is -0.454 e. The Hall–Kier alpha value is -2.02. The number of ether oxygens (including phenoxy) is 1. The van der Waals surface area contributed by atoms with Gasteiger partial charge in [0, 0.05) is 27.2 Å². The molecule has 0 aliphatic carbocycles. The zero-order chi connectivity index (χ0) is 16.7. The Morgan fingerprint density at radius 2 is 2.22 bits per heavy atom. The molecule has 1 fully saturated rings. The number of nitrogens with zero attached hydrogens (tertiary/aromatic N) is 1. The smallest absolute Gasteiger partial charge is 0.317 e. The average Bonchev–Trinajstić information content (AvgIpc) is 3.23. The second-order valence-electron chi connectivity index (χ2n) is 5.70. The third-order valence-electron chi connectivity index (χ3n) is 3.92. The molecular weight excluding hydrogens is 298 g/mol. The Labute approximate surface area is 136 Å². The third-order valence-corrected chi connectivity index (χ3v) is 3.92. The number of hydrogen-bond acceptors (Lipinski definition) is 4. The van der Waals surface area contributed by atoms with E-state index >= 15 is 0 Å². The van der Waals surface area contributed by atoms with Gasteiger partial charge in [0.05, 0.1) is 12.6 Å². The maximum absolute atomic E-state index is 12.0. The summed E-state index contributed by atoms with van der Waals surface area (Å²) < 4.78 is 10.9. The Morgan fingerprint density at radius 3 is 2.91 bits per heavy atom. The van der Waals surface area contributed by atoms with E-state index in [1.165, 1.54) is 7.05 Å². The van der Waals surface area contributed by atoms with Crippen molar-refractivity contribution in [2.45, 2.75) is 38.3 Å². The Kier molecular flexibility index (Phi) is 6.46. The standard InChI is InChI=1S/C16H25N3O4/c1-17-15(20)14-8-7-13(23-14)11-18-16(21)19(2)9-3-5-12-6-4-10-22-12/h7-8,12H,3-6,9-11H2,1-2H3,(H,17,20)(H,18,21)/t12-/m0/s1. The molecule has 0 unspecified atom stereocenters. The monoisotopic (exact) mass is 323 g/mol. The molecule has 2 N–H and O–H groups in total. The first-order valence-electron chi connectivity index (χ1n) is 8.01. The number of urea groups is 1. The van der Waals surface area contributed by atoms with Gasteiger partial charge in [-0.1, -0.05) is 0 Å². The third kappa shape index (κ3) is 5.28. The van der Waals surface area contributed by atoms with E-state index < -0.39 is 0 Å². The number of hydrogen-bond donors (Lipinski definition) is 2. The summed E-state index contributed by atoms with van der Waals surface area (Å²) >= 11 is 0. The summed E-state index contributed by atoms with van der Waals surface area (Å²) in [7, 11) is 3.31. The molecule has 7 nitrogen and oxygen atoms in total. The van der Waals surface area contributed by atoms with Gasteiger partial charge in [0.2, 0.25) is 0 Å². The van der Waals surface area contributed by atoms with Crippen LogP contribution in [0.4, 0.5) is 4.79 Å². The molecule has 1 saturated heterocycles. The summed E-state index contributed by atoms with van der Waals surface area (Å²) in [6, 6.07) is 3.11. The van der Waals surface area contributed by atoms with Gasteiger partial charge < -0.3 is 24.7 Å². The van der Waals surface area contributed by atoms with Crippen LogP contribution >= 0.6 is 0 Å². The first kappa shape index (κ1) is 17.3. The lowest BCUT2D eigenvalue weighted by atomic mass is 10.1. The van der Waals surface area contributed by atoms with Gasteiger partial charge in [0.1, 0.15) is 5.76 Å². The highest BCUT2D eigenvalue weighted by molar-refractivity contribution is 5.91. The molecule has 0 bridgehead atoms. The summed E-state index contributed by atoms with van der Waals surface area (Å²) in [6.07, 6.45) is 4.55. The maximum Gasteiger partial charge on any atom is 0.317 e. The van der Waals surface area contributed by atoms with E-state index in [-0.39, 0.29) is 24.2 Å². The molecule has 1 aromatic rings. The van der Waals surface area contributed by atoms with Crippen LogP contribution in [0.3, 0.4) is 0 Å². The van der Waals surface area contributed by atoms with Gasteiger partial charge in [-0.25, -0.2) is 4.79 Å². The lowest BCUT2D eigenvalue weighted by Crippen LogP contribution is -2.37. The number of amides is 3. The van der Waals surface area contributed by atoms with E-state index in [2.05, 4.69) is 10.6 Å². The van der Waals surface area contributed by atoms with Gasteiger partial charge >= 0.3 is 6.03 Å².